The molecule has 1 amide bonds. The molecule has 27 heavy (non-hydrogen) atoms. The van der Waals surface area contributed by atoms with E-state index in [1.54, 1.807) is 31.3 Å². The number of rotatable bonds is 4. The van der Waals surface area contributed by atoms with E-state index in [-0.39, 0.29) is 11.6 Å². The van der Waals surface area contributed by atoms with Crippen molar-refractivity contribution in [2.45, 2.75) is 6.18 Å². The van der Waals surface area contributed by atoms with Gasteiger partial charge in [-0.15, -0.1) is 0 Å². The van der Waals surface area contributed by atoms with Crippen LogP contribution in [0, 0.1) is 7.05 Å². The standard InChI is InChI=1S/C18H14F3N4O2/c1-25(2)13-9-8-12(10-22-13)23-16(26)14-15(18(19,20)21)27-17(24-14)11-6-4-3-5-7-11/h3-10H,1H2,2H3,(H,23,26). The third-order valence-corrected chi connectivity index (χ3v) is 3.52. The van der Waals surface area contributed by atoms with Crippen molar-refractivity contribution < 1.29 is 22.4 Å². The molecule has 1 aromatic carbocycles. The van der Waals surface area contributed by atoms with Crippen LogP contribution in [0.15, 0.2) is 53.1 Å². The van der Waals surface area contributed by atoms with Crippen LogP contribution < -0.4 is 10.2 Å². The van der Waals surface area contributed by atoms with Crippen LogP contribution in [0.4, 0.5) is 24.7 Å². The first-order chi connectivity index (χ1) is 12.8. The summed E-state index contributed by atoms with van der Waals surface area (Å²) in [4.78, 5) is 21.6. The van der Waals surface area contributed by atoms with Gasteiger partial charge in [0.15, 0.2) is 5.69 Å². The van der Waals surface area contributed by atoms with Gasteiger partial charge in [0.2, 0.25) is 11.7 Å². The molecule has 0 atom stereocenters. The fourth-order valence-corrected chi connectivity index (χ4v) is 2.25. The number of benzene rings is 1. The molecule has 2 heterocycles. The Labute approximate surface area is 152 Å². The van der Waals surface area contributed by atoms with Crippen LogP contribution in [0.25, 0.3) is 11.5 Å². The number of nitrogens with zero attached hydrogens (tertiary/aromatic N) is 3. The highest BCUT2D eigenvalue weighted by Crippen LogP contribution is 2.35. The number of anilines is 2. The molecule has 0 aliphatic carbocycles. The van der Waals surface area contributed by atoms with Crippen LogP contribution in [0.1, 0.15) is 16.2 Å². The maximum Gasteiger partial charge on any atom is 0.452 e. The molecule has 0 aliphatic heterocycles. The highest BCUT2D eigenvalue weighted by molar-refractivity contribution is 6.04. The van der Waals surface area contributed by atoms with Gasteiger partial charge in [-0.1, -0.05) is 18.2 Å². The van der Waals surface area contributed by atoms with Gasteiger partial charge < -0.3 is 14.6 Å². The van der Waals surface area contributed by atoms with Gasteiger partial charge in [-0.2, -0.15) is 13.2 Å². The van der Waals surface area contributed by atoms with Crippen LogP contribution in [-0.2, 0) is 6.18 Å². The van der Waals surface area contributed by atoms with Crippen LogP contribution >= 0.6 is 0 Å². The van der Waals surface area contributed by atoms with Gasteiger partial charge in [-0.25, -0.2) is 9.97 Å². The molecule has 0 saturated heterocycles. The minimum Gasteiger partial charge on any atom is -0.431 e. The van der Waals surface area contributed by atoms with Crippen molar-refractivity contribution in [2.75, 3.05) is 17.3 Å². The smallest absolute Gasteiger partial charge is 0.431 e. The summed E-state index contributed by atoms with van der Waals surface area (Å²) < 4.78 is 44.7. The quantitative estimate of drug-likeness (QED) is 0.739. The van der Waals surface area contributed by atoms with E-state index < -0.39 is 23.5 Å². The lowest BCUT2D eigenvalue weighted by Crippen LogP contribution is -2.18. The van der Waals surface area contributed by atoms with Crippen molar-refractivity contribution in [3.63, 3.8) is 0 Å². The fraction of sp³-hybridized carbons (Fsp3) is 0.111. The molecular formula is C18H14F3N4O2. The van der Waals surface area contributed by atoms with Gasteiger partial charge in [0.05, 0.1) is 11.9 Å². The van der Waals surface area contributed by atoms with Crippen molar-refractivity contribution in [3.05, 3.63) is 67.2 Å². The molecule has 2 aromatic heterocycles. The van der Waals surface area contributed by atoms with Crippen molar-refractivity contribution in [3.8, 4) is 11.5 Å². The minimum atomic E-state index is -4.87. The Bertz CT molecular complexity index is 935. The maximum atomic E-state index is 13.3. The number of nitrogens with one attached hydrogen (secondary N) is 1. The zero-order valence-corrected chi connectivity index (χ0v) is 14.1. The number of aromatic nitrogens is 2. The molecule has 6 nitrogen and oxygen atoms in total. The lowest BCUT2D eigenvalue weighted by molar-refractivity contribution is -0.153. The number of pyridine rings is 1. The summed E-state index contributed by atoms with van der Waals surface area (Å²) in [5.74, 6) is -2.27. The number of amides is 1. The molecule has 1 radical (unpaired) electrons. The Morgan fingerprint density at radius 3 is 2.44 bits per heavy atom. The van der Waals surface area contributed by atoms with Crippen molar-refractivity contribution in [1.82, 2.24) is 9.97 Å². The SMILES string of the molecule is [CH2]N(C)c1ccc(NC(=O)c2nc(-c3ccccc3)oc2C(F)(F)F)cn1. The molecule has 0 saturated carbocycles. The Kier molecular flexibility index (Phi) is 4.85. The van der Waals surface area contributed by atoms with Gasteiger partial charge in [0.25, 0.3) is 5.91 Å². The predicted octanol–water partition coefficient (Wildman–Crippen LogP) is 4.24. The van der Waals surface area contributed by atoms with E-state index in [1.165, 1.54) is 29.3 Å². The molecule has 0 spiro atoms. The third kappa shape index (κ3) is 4.08. The van der Waals surface area contributed by atoms with Crippen molar-refractivity contribution >= 4 is 17.4 Å². The van der Waals surface area contributed by atoms with Crippen LogP contribution in [0.5, 0.6) is 0 Å². The molecule has 3 rings (SSSR count). The molecule has 3 aromatic rings. The largest absolute Gasteiger partial charge is 0.452 e. The first kappa shape index (κ1) is 18.4. The highest BCUT2D eigenvalue weighted by atomic mass is 19.4. The summed E-state index contributed by atoms with van der Waals surface area (Å²) in [6.07, 6.45) is -3.56. The summed E-state index contributed by atoms with van der Waals surface area (Å²) in [7, 11) is 5.33. The van der Waals surface area contributed by atoms with Gasteiger partial charge in [0.1, 0.15) is 5.82 Å². The first-order valence-electron chi connectivity index (χ1n) is 7.71. The monoisotopic (exact) mass is 375 g/mol. The molecule has 139 valence electrons. The van der Waals surface area contributed by atoms with E-state index in [2.05, 4.69) is 22.3 Å². The number of carbonyl (C=O) groups is 1. The van der Waals surface area contributed by atoms with E-state index in [1.807, 2.05) is 0 Å². The number of halogens is 3. The predicted molar refractivity (Wildman–Crippen MR) is 92.9 cm³/mol. The zero-order chi connectivity index (χ0) is 19.6. The molecule has 0 unspecified atom stereocenters. The average Bonchev–Trinajstić information content (AvgIpc) is 3.09. The van der Waals surface area contributed by atoms with Gasteiger partial charge >= 0.3 is 6.18 Å². The maximum absolute atomic E-state index is 13.3. The second-order valence-electron chi connectivity index (χ2n) is 5.62. The topological polar surface area (TPSA) is 71.3 Å². The van der Waals surface area contributed by atoms with Gasteiger partial charge in [-0.3, -0.25) is 4.79 Å². The summed E-state index contributed by atoms with van der Waals surface area (Å²) >= 11 is 0. The molecule has 0 bridgehead atoms. The van der Waals surface area contributed by atoms with E-state index in [0.29, 0.717) is 11.4 Å². The molecule has 1 N–H and O–H groups in total. The normalized spacial score (nSPS) is 11.3. The zero-order valence-electron chi connectivity index (χ0n) is 14.1. The van der Waals surface area contributed by atoms with E-state index >= 15 is 0 Å². The van der Waals surface area contributed by atoms with Crippen LogP contribution in [-0.4, -0.2) is 22.9 Å². The second kappa shape index (κ2) is 7.10. The number of hydrogen-bond acceptors (Lipinski definition) is 5. The number of carbonyl (C=O) groups excluding carboxylic acids is 1. The minimum absolute atomic E-state index is 0.211. The second-order valence-corrected chi connectivity index (χ2v) is 5.62. The number of oxazole rings is 1. The lowest BCUT2D eigenvalue weighted by atomic mass is 10.2. The molecule has 9 heteroatoms. The highest BCUT2D eigenvalue weighted by Gasteiger charge is 2.42. The molecule has 0 fully saturated rings. The Balaban J connectivity index is 1.92. The Hall–Kier alpha value is -3.36. The Morgan fingerprint density at radius 1 is 1.19 bits per heavy atom. The summed E-state index contributed by atoms with van der Waals surface area (Å²) in [5, 5.41) is 2.34. The third-order valence-electron chi connectivity index (χ3n) is 3.52. The summed E-state index contributed by atoms with van der Waals surface area (Å²) in [6, 6.07) is 11.1. The van der Waals surface area contributed by atoms with E-state index in [4.69, 9.17) is 4.42 Å². The van der Waals surface area contributed by atoms with Crippen molar-refractivity contribution in [1.29, 1.82) is 0 Å². The summed E-state index contributed by atoms with van der Waals surface area (Å²) in [5.41, 5.74) is -0.311. The van der Waals surface area contributed by atoms with E-state index in [0.717, 1.165) is 0 Å². The number of alkyl halides is 3. The average molecular weight is 375 g/mol. The van der Waals surface area contributed by atoms with Gasteiger partial charge in [-0.05, 0) is 24.3 Å². The van der Waals surface area contributed by atoms with E-state index in [9.17, 15) is 18.0 Å². The van der Waals surface area contributed by atoms with Crippen LogP contribution in [0.3, 0.4) is 0 Å². The first-order valence-corrected chi connectivity index (χ1v) is 7.71. The van der Waals surface area contributed by atoms with Gasteiger partial charge in [0, 0.05) is 19.7 Å². The molecule has 0 aliphatic rings. The molecular weight excluding hydrogens is 361 g/mol. The van der Waals surface area contributed by atoms with Crippen LogP contribution in [0.2, 0.25) is 0 Å². The fourth-order valence-electron chi connectivity index (χ4n) is 2.25. The summed E-state index contributed by atoms with van der Waals surface area (Å²) in [6.45, 7) is 0. The Morgan fingerprint density at radius 2 is 1.89 bits per heavy atom. The van der Waals surface area contributed by atoms with Crippen molar-refractivity contribution in [2.24, 2.45) is 0 Å². The number of hydrogen-bond donors (Lipinski definition) is 1. The lowest BCUT2D eigenvalue weighted by Gasteiger charge is -2.11.